The van der Waals surface area contributed by atoms with Crippen molar-refractivity contribution in [3.05, 3.63) is 68.3 Å². The summed E-state index contributed by atoms with van der Waals surface area (Å²) in [5.41, 5.74) is 4.30. The number of benzene rings is 1. The van der Waals surface area contributed by atoms with Gasteiger partial charge in [0.1, 0.15) is 11.3 Å². The maximum atomic E-state index is 12.1. The van der Waals surface area contributed by atoms with Gasteiger partial charge in [0.15, 0.2) is 5.76 Å². The van der Waals surface area contributed by atoms with Gasteiger partial charge in [-0.1, -0.05) is 23.2 Å². The van der Waals surface area contributed by atoms with Gasteiger partial charge in [0.05, 0.1) is 23.0 Å². The predicted octanol–water partition coefficient (Wildman–Crippen LogP) is 5.59. The second-order valence-electron chi connectivity index (χ2n) is 6.43. The number of aliphatic imine (C=N–C) groups is 1. The quantitative estimate of drug-likeness (QED) is 0.657. The largest absolute Gasteiger partial charge is 0.505 e. The van der Waals surface area contributed by atoms with Crippen molar-refractivity contribution < 1.29 is 14.6 Å². The highest BCUT2D eigenvalue weighted by atomic mass is 35.5. The molecule has 0 amide bonds. The fraction of sp³-hybridized carbons (Fsp3) is 0.238. The van der Waals surface area contributed by atoms with Crippen LogP contribution in [0.15, 0.2) is 46.3 Å². The number of esters is 1. The minimum absolute atomic E-state index is 0.0970. The van der Waals surface area contributed by atoms with Crippen LogP contribution in [0.2, 0.25) is 10.0 Å². The van der Waals surface area contributed by atoms with Crippen molar-refractivity contribution in [1.82, 2.24) is 4.57 Å². The van der Waals surface area contributed by atoms with Gasteiger partial charge in [0.2, 0.25) is 0 Å². The fourth-order valence-corrected chi connectivity index (χ4v) is 3.61. The van der Waals surface area contributed by atoms with E-state index in [0.29, 0.717) is 21.5 Å². The number of hydrogen-bond donors (Lipinski definition) is 1. The Hall–Kier alpha value is -2.50. The number of carbonyl (C=O) groups is 1. The maximum absolute atomic E-state index is 12.1. The van der Waals surface area contributed by atoms with Gasteiger partial charge in [-0.3, -0.25) is 0 Å². The van der Waals surface area contributed by atoms with E-state index in [0.717, 1.165) is 22.6 Å². The SMILES string of the molecule is CCOC(=O)C1=C(O)C(=Cc2cc(C)n(-c3cc(Cl)ccc3Cl)c2C)N=C1C. The van der Waals surface area contributed by atoms with Crippen molar-refractivity contribution >= 4 is 41.0 Å². The normalized spacial score (nSPS) is 15.4. The number of hydrogen-bond acceptors (Lipinski definition) is 4. The Kier molecular flexibility index (Phi) is 5.68. The molecule has 0 atom stereocenters. The molecule has 0 unspecified atom stereocenters. The summed E-state index contributed by atoms with van der Waals surface area (Å²) in [7, 11) is 0. The Morgan fingerprint density at radius 3 is 2.64 bits per heavy atom. The summed E-state index contributed by atoms with van der Waals surface area (Å²) in [5, 5.41) is 11.7. The topological polar surface area (TPSA) is 63.8 Å². The van der Waals surface area contributed by atoms with Crippen LogP contribution in [-0.2, 0) is 9.53 Å². The molecule has 5 nitrogen and oxygen atoms in total. The molecule has 0 bridgehead atoms. The molecule has 0 spiro atoms. The third kappa shape index (κ3) is 3.60. The van der Waals surface area contributed by atoms with Crippen molar-refractivity contribution in [2.24, 2.45) is 4.99 Å². The molecule has 2 aromatic rings. The molecule has 28 heavy (non-hydrogen) atoms. The number of carbonyl (C=O) groups excluding carboxylic acids is 1. The van der Waals surface area contributed by atoms with Gasteiger partial charge in [-0.2, -0.15) is 0 Å². The molecule has 0 fully saturated rings. The Morgan fingerprint density at radius 2 is 1.96 bits per heavy atom. The summed E-state index contributed by atoms with van der Waals surface area (Å²) < 4.78 is 6.98. The minimum Gasteiger partial charge on any atom is -0.505 e. The molecule has 0 aliphatic carbocycles. The van der Waals surface area contributed by atoms with Crippen molar-refractivity contribution in [2.45, 2.75) is 27.7 Å². The number of rotatable bonds is 4. The lowest BCUT2D eigenvalue weighted by molar-refractivity contribution is -0.138. The first-order chi connectivity index (χ1) is 13.2. The molecule has 0 radical (unpaired) electrons. The summed E-state index contributed by atoms with van der Waals surface area (Å²) >= 11 is 12.5. The molecule has 0 saturated heterocycles. The van der Waals surface area contributed by atoms with Crippen LogP contribution >= 0.6 is 23.2 Å². The maximum Gasteiger partial charge on any atom is 0.343 e. The second-order valence-corrected chi connectivity index (χ2v) is 7.27. The van der Waals surface area contributed by atoms with E-state index in [1.165, 1.54) is 0 Å². The predicted molar refractivity (Wildman–Crippen MR) is 113 cm³/mol. The number of aryl methyl sites for hydroxylation is 1. The molecular weight excluding hydrogens is 399 g/mol. The summed E-state index contributed by atoms with van der Waals surface area (Å²) in [6.45, 7) is 7.50. The Balaban J connectivity index is 2.08. The van der Waals surface area contributed by atoms with E-state index in [1.807, 2.05) is 24.5 Å². The van der Waals surface area contributed by atoms with E-state index in [4.69, 9.17) is 27.9 Å². The first-order valence-corrected chi connectivity index (χ1v) is 9.52. The Bertz CT molecular complexity index is 1060. The van der Waals surface area contributed by atoms with E-state index in [2.05, 4.69) is 4.99 Å². The zero-order valence-corrected chi connectivity index (χ0v) is 17.5. The van der Waals surface area contributed by atoms with Gasteiger partial charge in [-0.15, -0.1) is 0 Å². The van der Waals surface area contributed by atoms with Crippen LogP contribution in [0.4, 0.5) is 0 Å². The highest BCUT2D eigenvalue weighted by Gasteiger charge is 2.28. The first-order valence-electron chi connectivity index (χ1n) is 8.77. The lowest BCUT2D eigenvalue weighted by Gasteiger charge is -2.12. The second kappa shape index (κ2) is 7.86. The van der Waals surface area contributed by atoms with Crippen LogP contribution in [-0.4, -0.2) is 28.0 Å². The van der Waals surface area contributed by atoms with Gasteiger partial charge in [0.25, 0.3) is 0 Å². The molecule has 146 valence electrons. The number of ether oxygens (including phenoxy) is 1. The van der Waals surface area contributed by atoms with Gasteiger partial charge in [0, 0.05) is 16.4 Å². The molecule has 0 saturated carbocycles. The van der Waals surface area contributed by atoms with Crippen LogP contribution < -0.4 is 0 Å². The summed E-state index contributed by atoms with van der Waals surface area (Å²) in [6, 6.07) is 7.25. The van der Waals surface area contributed by atoms with E-state index < -0.39 is 5.97 Å². The zero-order chi connectivity index (χ0) is 20.6. The van der Waals surface area contributed by atoms with E-state index in [-0.39, 0.29) is 17.9 Å². The lowest BCUT2D eigenvalue weighted by Crippen LogP contribution is -2.13. The number of aliphatic hydroxyl groups is 1. The van der Waals surface area contributed by atoms with Crippen molar-refractivity contribution in [3.8, 4) is 5.69 Å². The minimum atomic E-state index is -0.583. The molecule has 1 aliphatic rings. The standard InChI is InChI=1S/C21H20Cl2N2O3/c1-5-28-21(27)19-12(3)24-17(20(19)26)9-14-8-11(2)25(13(14)4)18-10-15(22)6-7-16(18)23/h6-10,26H,5H2,1-4H3. The molecule has 3 rings (SSSR count). The molecule has 1 N–H and O–H groups in total. The number of halogens is 2. The summed E-state index contributed by atoms with van der Waals surface area (Å²) in [6.07, 6.45) is 1.74. The fourth-order valence-electron chi connectivity index (χ4n) is 3.25. The number of aliphatic hydroxyl groups excluding tert-OH is 1. The molecule has 1 aromatic heterocycles. The molecule has 7 heteroatoms. The third-order valence-corrected chi connectivity index (χ3v) is 5.08. The number of nitrogens with zero attached hydrogens (tertiary/aromatic N) is 2. The van der Waals surface area contributed by atoms with Crippen LogP contribution in [0.1, 0.15) is 30.8 Å². The van der Waals surface area contributed by atoms with Gasteiger partial charge >= 0.3 is 5.97 Å². The monoisotopic (exact) mass is 418 g/mol. The number of aromatic nitrogens is 1. The van der Waals surface area contributed by atoms with Gasteiger partial charge in [-0.25, -0.2) is 9.79 Å². The highest BCUT2D eigenvalue weighted by molar-refractivity contribution is 6.34. The molecular formula is C21H20Cl2N2O3. The average Bonchev–Trinajstić information content (AvgIpc) is 3.06. The van der Waals surface area contributed by atoms with E-state index in [1.54, 1.807) is 38.1 Å². The molecule has 1 aromatic carbocycles. The smallest absolute Gasteiger partial charge is 0.343 e. The van der Waals surface area contributed by atoms with Crippen molar-refractivity contribution in [2.75, 3.05) is 6.61 Å². The molecule has 1 aliphatic heterocycles. The van der Waals surface area contributed by atoms with Crippen molar-refractivity contribution in [1.29, 1.82) is 0 Å². The third-order valence-electron chi connectivity index (χ3n) is 4.52. The summed E-state index contributed by atoms with van der Waals surface area (Å²) in [5.74, 6) is -0.762. The zero-order valence-electron chi connectivity index (χ0n) is 16.0. The van der Waals surface area contributed by atoms with Crippen LogP contribution in [0.5, 0.6) is 0 Å². The summed E-state index contributed by atoms with van der Waals surface area (Å²) in [4.78, 5) is 16.4. The highest BCUT2D eigenvalue weighted by Crippen LogP contribution is 2.32. The first kappa shape index (κ1) is 20.2. The van der Waals surface area contributed by atoms with Crippen LogP contribution in [0.3, 0.4) is 0 Å². The van der Waals surface area contributed by atoms with E-state index in [9.17, 15) is 9.90 Å². The molecule has 2 heterocycles. The average molecular weight is 419 g/mol. The van der Waals surface area contributed by atoms with Crippen molar-refractivity contribution in [3.63, 3.8) is 0 Å². The van der Waals surface area contributed by atoms with Crippen LogP contribution in [0.25, 0.3) is 11.8 Å². The van der Waals surface area contributed by atoms with Gasteiger partial charge < -0.3 is 14.4 Å². The van der Waals surface area contributed by atoms with Crippen LogP contribution in [0, 0.1) is 13.8 Å². The lowest BCUT2D eigenvalue weighted by atomic mass is 10.1. The van der Waals surface area contributed by atoms with Gasteiger partial charge in [-0.05, 0) is 63.6 Å². The van der Waals surface area contributed by atoms with E-state index >= 15 is 0 Å². The Labute approximate surface area is 173 Å². The Morgan fingerprint density at radius 1 is 1.25 bits per heavy atom.